The van der Waals surface area contributed by atoms with E-state index >= 15 is 0 Å². The third-order valence-electron chi connectivity index (χ3n) is 2.60. The highest BCUT2D eigenvalue weighted by atomic mass is 79.9. The third-order valence-corrected chi connectivity index (χ3v) is 3.24. The molecule has 0 aromatic heterocycles. The van der Waals surface area contributed by atoms with Gasteiger partial charge in [0.2, 0.25) is 0 Å². The van der Waals surface area contributed by atoms with E-state index in [2.05, 4.69) is 38.0 Å². The van der Waals surface area contributed by atoms with Gasteiger partial charge < -0.3 is 4.90 Å². The fraction of sp³-hybridized carbons (Fsp3) is 0.250. The number of hydroxylamine groups is 1. The van der Waals surface area contributed by atoms with Crippen LogP contribution in [0.25, 0.3) is 0 Å². The summed E-state index contributed by atoms with van der Waals surface area (Å²) in [7, 11) is 0. The molecule has 0 unspecified atom stereocenters. The smallest absolute Gasteiger partial charge is 0.113 e. The zero-order chi connectivity index (χ0) is 12.1. The van der Waals surface area contributed by atoms with Gasteiger partial charge in [0.1, 0.15) is 6.34 Å². The Kier molecular flexibility index (Phi) is 4.17. The number of aliphatic imine (C=N–C) groups is 1. The van der Waals surface area contributed by atoms with Crippen LogP contribution in [-0.2, 0) is 0 Å². The third kappa shape index (κ3) is 3.08. The lowest BCUT2D eigenvalue weighted by molar-refractivity contribution is 0.240. The Morgan fingerprint density at radius 1 is 1.41 bits per heavy atom. The number of nitrogens with zero attached hydrogens (tertiary/aromatic N) is 2. The van der Waals surface area contributed by atoms with Gasteiger partial charge >= 0.3 is 0 Å². The van der Waals surface area contributed by atoms with E-state index < -0.39 is 0 Å². The maximum atomic E-state index is 8.43. The monoisotopic (exact) mass is 295 g/mol. The number of nitrogens with one attached hydrogen (secondary N) is 1. The quantitative estimate of drug-likeness (QED) is 0.390. The van der Waals surface area contributed by atoms with Crippen LogP contribution in [0.1, 0.15) is 6.42 Å². The van der Waals surface area contributed by atoms with E-state index in [4.69, 9.17) is 5.21 Å². The fourth-order valence-electron chi connectivity index (χ4n) is 1.80. The van der Waals surface area contributed by atoms with Gasteiger partial charge in [-0.1, -0.05) is 12.2 Å². The normalized spacial score (nSPS) is 15.5. The molecule has 90 valence electrons. The second-order valence-electron chi connectivity index (χ2n) is 3.73. The van der Waals surface area contributed by atoms with Crippen molar-refractivity contribution in [3.63, 3.8) is 0 Å². The molecule has 17 heavy (non-hydrogen) atoms. The molecule has 0 saturated heterocycles. The zero-order valence-electron chi connectivity index (χ0n) is 9.31. The van der Waals surface area contributed by atoms with E-state index in [0.717, 1.165) is 29.7 Å². The minimum absolute atomic E-state index is 0.787. The molecule has 1 aliphatic rings. The van der Waals surface area contributed by atoms with Crippen molar-refractivity contribution in [3.05, 3.63) is 34.8 Å². The molecule has 4 nitrogen and oxygen atoms in total. The predicted octanol–water partition coefficient (Wildman–Crippen LogP) is 2.85. The average molecular weight is 296 g/mol. The molecule has 0 atom stereocenters. The topological polar surface area (TPSA) is 47.9 Å². The second-order valence-corrected chi connectivity index (χ2v) is 4.58. The minimum atomic E-state index is 0.787. The molecule has 0 bridgehead atoms. The molecular weight excluding hydrogens is 282 g/mol. The first-order valence-corrected chi connectivity index (χ1v) is 6.22. The number of benzene rings is 1. The standard InChI is InChI=1S/C12H14BrN3O/c13-11-8-10(14-9-15-17)4-5-12(11)16-6-2-1-3-7-16/h1-2,4-5,8-9,17H,3,6-7H2,(H,14,15). The first-order valence-electron chi connectivity index (χ1n) is 5.43. The van der Waals surface area contributed by atoms with E-state index in [0.29, 0.717) is 0 Å². The largest absolute Gasteiger partial charge is 0.367 e. The predicted molar refractivity (Wildman–Crippen MR) is 73.2 cm³/mol. The average Bonchev–Trinajstić information content (AvgIpc) is 2.37. The van der Waals surface area contributed by atoms with Crippen molar-refractivity contribution in [3.8, 4) is 0 Å². The lowest BCUT2D eigenvalue weighted by Gasteiger charge is -2.26. The van der Waals surface area contributed by atoms with Gasteiger partial charge in [0.25, 0.3) is 0 Å². The van der Waals surface area contributed by atoms with Crippen molar-refractivity contribution >= 4 is 33.6 Å². The van der Waals surface area contributed by atoms with Crippen LogP contribution in [0.5, 0.6) is 0 Å². The Morgan fingerprint density at radius 3 is 2.94 bits per heavy atom. The Hall–Kier alpha value is -1.33. The van der Waals surface area contributed by atoms with Crippen LogP contribution in [0.3, 0.4) is 0 Å². The summed E-state index contributed by atoms with van der Waals surface area (Å²) in [5.74, 6) is 0. The molecule has 1 aromatic carbocycles. The molecule has 2 N–H and O–H groups in total. The number of halogens is 1. The summed E-state index contributed by atoms with van der Waals surface area (Å²) in [5.41, 5.74) is 3.85. The molecule has 0 fully saturated rings. The van der Waals surface area contributed by atoms with Crippen molar-refractivity contribution in [1.82, 2.24) is 5.48 Å². The van der Waals surface area contributed by atoms with Crippen molar-refractivity contribution in [2.75, 3.05) is 18.0 Å². The summed E-state index contributed by atoms with van der Waals surface area (Å²) in [6, 6.07) is 5.89. The van der Waals surface area contributed by atoms with Crippen LogP contribution in [0.4, 0.5) is 11.4 Å². The molecule has 0 amide bonds. The van der Waals surface area contributed by atoms with Gasteiger partial charge in [-0.15, -0.1) is 0 Å². The van der Waals surface area contributed by atoms with Crippen LogP contribution in [0, 0.1) is 0 Å². The zero-order valence-corrected chi connectivity index (χ0v) is 10.9. The summed E-state index contributed by atoms with van der Waals surface area (Å²) in [6.07, 6.45) is 6.71. The molecule has 1 heterocycles. The Labute approximate surface area is 109 Å². The van der Waals surface area contributed by atoms with E-state index in [1.54, 1.807) is 0 Å². The molecule has 0 aliphatic carbocycles. The summed E-state index contributed by atoms with van der Waals surface area (Å²) in [5, 5.41) is 8.43. The molecule has 5 heteroatoms. The number of rotatable bonds is 3. The highest BCUT2D eigenvalue weighted by Gasteiger charge is 2.10. The summed E-state index contributed by atoms with van der Waals surface area (Å²) in [6.45, 7) is 1.98. The number of hydrogen-bond acceptors (Lipinski definition) is 3. The highest BCUT2D eigenvalue weighted by molar-refractivity contribution is 9.10. The van der Waals surface area contributed by atoms with Crippen molar-refractivity contribution in [1.29, 1.82) is 0 Å². The van der Waals surface area contributed by atoms with Crippen LogP contribution in [0.2, 0.25) is 0 Å². The van der Waals surface area contributed by atoms with Crippen molar-refractivity contribution < 1.29 is 5.21 Å². The van der Waals surface area contributed by atoms with Gasteiger partial charge in [0, 0.05) is 17.6 Å². The van der Waals surface area contributed by atoms with Crippen LogP contribution in [0.15, 0.2) is 39.8 Å². The molecule has 0 spiro atoms. The van der Waals surface area contributed by atoms with E-state index in [1.807, 2.05) is 23.7 Å². The second kappa shape index (κ2) is 5.84. The summed E-state index contributed by atoms with van der Waals surface area (Å²) < 4.78 is 1.01. The molecule has 1 aliphatic heterocycles. The number of hydrogen-bond donors (Lipinski definition) is 2. The van der Waals surface area contributed by atoms with Crippen molar-refractivity contribution in [2.45, 2.75) is 6.42 Å². The first kappa shape index (κ1) is 12.1. The fourth-order valence-corrected chi connectivity index (χ4v) is 2.41. The van der Waals surface area contributed by atoms with Gasteiger partial charge in [-0.2, -0.15) is 0 Å². The van der Waals surface area contributed by atoms with E-state index in [-0.39, 0.29) is 0 Å². The first-order chi connectivity index (χ1) is 8.31. The van der Waals surface area contributed by atoms with Gasteiger partial charge in [-0.25, -0.2) is 4.99 Å². The molecule has 2 rings (SSSR count). The maximum Gasteiger partial charge on any atom is 0.113 e. The van der Waals surface area contributed by atoms with Gasteiger partial charge in [0.15, 0.2) is 0 Å². The van der Waals surface area contributed by atoms with Gasteiger partial charge in [0.05, 0.1) is 11.4 Å². The van der Waals surface area contributed by atoms with Crippen LogP contribution >= 0.6 is 15.9 Å². The van der Waals surface area contributed by atoms with Crippen LogP contribution < -0.4 is 10.4 Å². The van der Waals surface area contributed by atoms with Gasteiger partial charge in [-0.3, -0.25) is 10.7 Å². The summed E-state index contributed by atoms with van der Waals surface area (Å²) in [4.78, 5) is 6.33. The Balaban J connectivity index is 2.19. The van der Waals surface area contributed by atoms with E-state index in [1.165, 1.54) is 12.0 Å². The lowest BCUT2D eigenvalue weighted by atomic mass is 10.2. The molecule has 0 radical (unpaired) electrons. The minimum Gasteiger partial charge on any atom is -0.367 e. The van der Waals surface area contributed by atoms with Crippen LogP contribution in [-0.4, -0.2) is 24.6 Å². The number of anilines is 1. The van der Waals surface area contributed by atoms with Gasteiger partial charge in [-0.05, 0) is 40.5 Å². The summed E-state index contributed by atoms with van der Waals surface area (Å²) >= 11 is 3.55. The maximum absolute atomic E-state index is 8.43. The SMILES string of the molecule is ONC=Nc1ccc(N2CC=CCC2)c(Br)c1. The highest BCUT2D eigenvalue weighted by Crippen LogP contribution is 2.31. The van der Waals surface area contributed by atoms with Crippen molar-refractivity contribution in [2.24, 2.45) is 4.99 Å². The molecular formula is C12H14BrN3O. The lowest BCUT2D eigenvalue weighted by Crippen LogP contribution is -2.26. The molecule has 0 saturated carbocycles. The van der Waals surface area contributed by atoms with E-state index in [9.17, 15) is 0 Å². The Bertz CT molecular complexity index is 445. The Morgan fingerprint density at radius 2 is 2.29 bits per heavy atom. The molecule has 1 aromatic rings.